The van der Waals surface area contributed by atoms with Crippen LogP contribution in [0.4, 0.5) is 4.39 Å². The van der Waals surface area contributed by atoms with Crippen molar-refractivity contribution >= 4 is 21.9 Å². The van der Waals surface area contributed by atoms with Gasteiger partial charge in [-0.3, -0.25) is 4.79 Å². The van der Waals surface area contributed by atoms with E-state index in [2.05, 4.69) is 10.1 Å². The van der Waals surface area contributed by atoms with E-state index >= 15 is 0 Å². The number of aromatic nitrogens is 1. The molecule has 3 heterocycles. The standard InChI is InChI=1S/C25H25FN2O4/c26-19-4-6-20-23(13-19)32-27-24(20)17-7-10-28(11-8-17)9-1-2-16-3-5-21-22(12-16)31-15-18(14-29)25(21)30/h3-6,12-13,15,17,29H,1-2,7-11,14H2. The Hall–Kier alpha value is -3.03. The molecule has 1 aliphatic heterocycles. The molecule has 0 bridgehead atoms. The van der Waals surface area contributed by atoms with Gasteiger partial charge in [-0.1, -0.05) is 11.2 Å². The second kappa shape index (κ2) is 8.84. The van der Waals surface area contributed by atoms with Crippen LogP contribution in [0.5, 0.6) is 0 Å². The van der Waals surface area contributed by atoms with E-state index in [1.54, 1.807) is 12.1 Å². The summed E-state index contributed by atoms with van der Waals surface area (Å²) in [5.74, 6) is 0.0311. The molecule has 2 aromatic heterocycles. The minimum atomic E-state index is -0.317. The van der Waals surface area contributed by atoms with Crippen molar-refractivity contribution in [1.29, 1.82) is 0 Å². The summed E-state index contributed by atoms with van der Waals surface area (Å²) < 4.78 is 24.2. The van der Waals surface area contributed by atoms with Crippen molar-refractivity contribution in [2.75, 3.05) is 19.6 Å². The Bertz CT molecular complexity index is 1300. The van der Waals surface area contributed by atoms with Gasteiger partial charge in [-0.15, -0.1) is 0 Å². The molecule has 0 spiro atoms. The summed E-state index contributed by atoms with van der Waals surface area (Å²) >= 11 is 0. The van der Waals surface area contributed by atoms with Crippen molar-refractivity contribution in [3.05, 3.63) is 75.5 Å². The number of hydrogen-bond donors (Lipinski definition) is 1. The number of halogens is 1. The van der Waals surface area contributed by atoms with Gasteiger partial charge in [0, 0.05) is 17.4 Å². The molecule has 1 N–H and O–H groups in total. The van der Waals surface area contributed by atoms with Gasteiger partial charge in [-0.25, -0.2) is 4.39 Å². The zero-order valence-corrected chi connectivity index (χ0v) is 17.7. The third-order valence-corrected chi connectivity index (χ3v) is 6.46. The maximum Gasteiger partial charge on any atom is 0.198 e. The van der Waals surface area contributed by atoms with E-state index in [4.69, 9.17) is 8.94 Å². The number of benzene rings is 2. The molecule has 0 aliphatic carbocycles. The van der Waals surface area contributed by atoms with Gasteiger partial charge < -0.3 is 18.9 Å². The number of likely N-dealkylation sites (tertiary alicyclic amines) is 1. The lowest BCUT2D eigenvalue weighted by Crippen LogP contribution is -2.34. The fraction of sp³-hybridized carbons (Fsp3) is 0.360. The number of nitrogens with zero attached hydrogens (tertiary/aromatic N) is 2. The molecule has 0 radical (unpaired) electrons. The number of rotatable bonds is 6. The third-order valence-electron chi connectivity index (χ3n) is 6.46. The van der Waals surface area contributed by atoms with Gasteiger partial charge in [0.2, 0.25) is 0 Å². The molecule has 166 valence electrons. The highest BCUT2D eigenvalue weighted by molar-refractivity contribution is 5.80. The number of hydrogen-bond acceptors (Lipinski definition) is 6. The van der Waals surface area contributed by atoms with Gasteiger partial charge >= 0.3 is 0 Å². The summed E-state index contributed by atoms with van der Waals surface area (Å²) in [6.45, 7) is 2.68. The first-order chi connectivity index (χ1) is 15.6. The minimum absolute atomic E-state index is 0.173. The number of aliphatic hydroxyl groups is 1. The summed E-state index contributed by atoms with van der Waals surface area (Å²) in [7, 11) is 0. The molecular formula is C25H25FN2O4. The predicted molar refractivity (Wildman–Crippen MR) is 119 cm³/mol. The molecule has 0 atom stereocenters. The maximum atomic E-state index is 13.4. The Morgan fingerprint density at radius 2 is 1.91 bits per heavy atom. The summed E-state index contributed by atoms with van der Waals surface area (Å²) in [5.41, 5.74) is 3.26. The van der Waals surface area contributed by atoms with Crippen LogP contribution in [0.15, 0.2) is 56.4 Å². The molecule has 1 fully saturated rings. The van der Waals surface area contributed by atoms with Crippen LogP contribution in [0.3, 0.4) is 0 Å². The molecule has 0 amide bonds. The van der Waals surface area contributed by atoms with Crippen LogP contribution in [0.2, 0.25) is 0 Å². The molecule has 1 aliphatic rings. The van der Waals surface area contributed by atoms with E-state index in [1.807, 2.05) is 12.1 Å². The fourth-order valence-electron chi connectivity index (χ4n) is 4.64. The highest BCUT2D eigenvalue weighted by Gasteiger charge is 2.25. The third kappa shape index (κ3) is 4.06. The van der Waals surface area contributed by atoms with Gasteiger partial charge in [0.25, 0.3) is 0 Å². The van der Waals surface area contributed by atoms with Gasteiger partial charge in [0.15, 0.2) is 11.0 Å². The van der Waals surface area contributed by atoms with Gasteiger partial charge in [0.1, 0.15) is 17.7 Å². The lowest BCUT2D eigenvalue weighted by molar-refractivity contribution is 0.207. The SMILES string of the molecule is O=c1c(CO)coc2cc(CCCN3CCC(c4noc5cc(F)ccc45)CC3)ccc12. The first-order valence-corrected chi connectivity index (χ1v) is 11.0. The van der Waals surface area contributed by atoms with Gasteiger partial charge in [0.05, 0.1) is 23.3 Å². The van der Waals surface area contributed by atoms with Crippen molar-refractivity contribution in [3.63, 3.8) is 0 Å². The highest BCUT2D eigenvalue weighted by Crippen LogP contribution is 2.32. The molecule has 32 heavy (non-hydrogen) atoms. The average molecular weight is 436 g/mol. The van der Waals surface area contributed by atoms with Crippen molar-refractivity contribution in [1.82, 2.24) is 10.1 Å². The highest BCUT2D eigenvalue weighted by atomic mass is 19.1. The quantitative estimate of drug-likeness (QED) is 0.483. The second-order valence-corrected chi connectivity index (χ2v) is 8.51. The zero-order chi connectivity index (χ0) is 22.1. The van der Waals surface area contributed by atoms with Crippen LogP contribution < -0.4 is 5.43 Å². The van der Waals surface area contributed by atoms with E-state index in [-0.39, 0.29) is 23.4 Å². The average Bonchev–Trinajstić information content (AvgIpc) is 3.23. The van der Waals surface area contributed by atoms with E-state index in [0.717, 1.165) is 62.0 Å². The van der Waals surface area contributed by atoms with Crippen molar-refractivity contribution in [3.8, 4) is 0 Å². The fourth-order valence-corrected chi connectivity index (χ4v) is 4.64. The van der Waals surface area contributed by atoms with E-state index < -0.39 is 0 Å². The number of piperidine rings is 1. The Kier molecular flexibility index (Phi) is 5.76. The Labute approximate surface area is 184 Å². The molecule has 6 nitrogen and oxygen atoms in total. The summed E-state index contributed by atoms with van der Waals surface area (Å²) in [4.78, 5) is 14.7. The molecule has 7 heteroatoms. The molecular weight excluding hydrogens is 411 g/mol. The number of aliphatic hydroxyl groups excluding tert-OH is 1. The van der Waals surface area contributed by atoms with E-state index in [9.17, 15) is 14.3 Å². The smallest absolute Gasteiger partial charge is 0.198 e. The molecule has 5 rings (SSSR count). The Morgan fingerprint density at radius 3 is 2.72 bits per heavy atom. The zero-order valence-electron chi connectivity index (χ0n) is 17.7. The Morgan fingerprint density at radius 1 is 1.09 bits per heavy atom. The molecule has 4 aromatic rings. The lowest BCUT2D eigenvalue weighted by atomic mass is 9.91. The van der Waals surface area contributed by atoms with Crippen molar-refractivity contribution in [2.24, 2.45) is 0 Å². The molecule has 1 saturated heterocycles. The minimum Gasteiger partial charge on any atom is -0.464 e. The summed E-state index contributed by atoms with van der Waals surface area (Å²) in [6, 6.07) is 10.3. The van der Waals surface area contributed by atoms with Gasteiger partial charge in [-0.05, 0) is 75.1 Å². The van der Waals surface area contributed by atoms with Crippen LogP contribution in [-0.4, -0.2) is 34.8 Å². The lowest BCUT2D eigenvalue weighted by Gasteiger charge is -2.31. The van der Waals surface area contributed by atoms with Crippen molar-refractivity contribution < 1.29 is 18.4 Å². The first kappa shape index (κ1) is 20.8. The van der Waals surface area contributed by atoms with Crippen LogP contribution >= 0.6 is 0 Å². The summed E-state index contributed by atoms with van der Waals surface area (Å²) in [6.07, 6.45) is 5.27. The van der Waals surface area contributed by atoms with Crippen LogP contribution in [0.25, 0.3) is 21.9 Å². The maximum absolute atomic E-state index is 13.4. The summed E-state index contributed by atoms with van der Waals surface area (Å²) in [5, 5.41) is 14.9. The van der Waals surface area contributed by atoms with E-state index in [0.29, 0.717) is 22.5 Å². The van der Waals surface area contributed by atoms with Gasteiger partial charge in [-0.2, -0.15) is 0 Å². The van der Waals surface area contributed by atoms with Crippen LogP contribution in [0.1, 0.15) is 42.0 Å². The normalized spacial score (nSPS) is 15.7. The first-order valence-electron chi connectivity index (χ1n) is 11.0. The molecule has 0 unspecified atom stereocenters. The van der Waals surface area contributed by atoms with Crippen LogP contribution in [-0.2, 0) is 13.0 Å². The Balaban J connectivity index is 1.15. The number of fused-ring (bicyclic) bond motifs is 2. The van der Waals surface area contributed by atoms with Crippen molar-refractivity contribution in [2.45, 2.75) is 38.2 Å². The van der Waals surface area contributed by atoms with Crippen LogP contribution in [0, 0.1) is 5.82 Å². The monoisotopic (exact) mass is 436 g/mol. The molecule has 2 aromatic carbocycles. The predicted octanol–water partition coefficient (Wildman–Crippen LogP) is 4.38. The number of aryl methyl sites for hydroxylation is 1. The largest absolute Gasteiger partial charge is 0.464 e. The van der Waals surface area contributed by atoms with E-state index in [1.165, 1.54) is 18.4 Å². The molecule has 0 saturated carbocycles. The second-order valence-electron chi connectivity index (χ2n) is 8.51. The topological polar surface area (TPSA) is 79.7 Å².